The lowest BCUT2D eigenvalue weighted by molar-refractivity contribution is 0.160. The topological polar surface area (TPSA) is 75.8 Å². The van der Waals surface area contributed by atoms with Gasteiger partial charge < -0.3 is 20.5 Å². The quantitative estimate of drug-likeness (QED) is 0.741. The minimum atomic E-state index is -0.463. The summed E-state index contributed by atoms with van der Waals surface area (Å²) in [6.07, 6.45) is 0.324. The molecule has 1 aromatic carbocycles. The Kier molecular flexibility index (Phi) is 2.96. The molecule has 1 heterocycles. The van der Waals surface area contributed by atoms with Crippen LogP contribution in [0.3, 0.4) is 0 Å². The maximum absolute atomic E-state index is 11.6. The number of phenols is 1. The SMILES string of the molecule is N[C@@H]1CCN(C(=O)Oc2ccccc2O)C1. The molecule has 0 spiro atoms. The molecule has 0 radical (unpaired) electrons. The number of nitrogens with two attached hydrogens (primary N) is 1. The summed E-state index contributed by atoms with van der Waals surface area (Å²) in [5.41, 5.74) is 5.69. The third-order valence-electron chi connectivity index (χ3n) is 2.55. The molecule has 5 heteroatoms. The fourth-order valence-corrected chi connectivity index (χ4v) is 1.66. The van der Waals surface area contributed by atoms with Crippen LogP contribution in [-0.2, 0) is 0 Å². The molecule has 0 bridgehead atoms. The van der Waals surface area contributed by atoms with Crippen LogP contribution in [0.5, 0.6) is 11.5 Å². The van der Waals surface area contributed by atoms with Gasteiger partial charge in [-0.1, -0.05) is 12.1 Å². The number of phenolic OH excluding ortho intramolecular Hbond substituents is 1. The van der Waals surface area contributed by atoms with E-state index in [1.807, 2.05) is 0 Å². The average molecular weight is 222 g/mol. The monoisotopic (exact) mass is 222 g/mol. The Morgan fingerprint density at radius 1 is 1.50 bits per heavy atom. The van der Waals surface area contributed by atoms with Crippen LogP contribution in [0.2, 0.25) is 0 Å². The predicted molar refractivity (Wildman–Crippen MR) is 58.3 cm³/mol. The molecule has 0 saturated carbocycles. The van der Waals surface area contributed by atoms with E-state index in [1.165, 1.54) is 11.0 Å². The third kappa shape index (κ3) is 2.25. The maximum Gasteiger partial charge on any atom is 0.415 e. The highest BCUT2D eigenvalue weighted by atomic mass is 16.6. The van der Waals surface area contributed by atoms with Crippen LogP contribution >= 0.6 is 0 Å². The normalized spacial score (nSPS) is 19.8. The number of rotatable bonds is 1. The summed E-state index contributed by atoms with van der Waals surface area (Å²) in [7, 11) is 0. The van der Waals surface area contributed by atoms with Gasteiger partial charge in [0, 0.05) is 19.1 Å². The molecule has 3 N–H and O–H groups in total. The summed E-state index contributed by atoms with van der Waals surface area (Å²) in [6.45, 7) is 1.11. The number of hydrogen-bond donors (Lipinski definition) is 2. The van der Waals surface area contributed by atoms with Crippen LogP contribution < -0.4 is 10.5 Å². The zero-order valence-electron chi connectivity index (χ0n) is 8.80. The highest BCUT2D eigenvalue weighted by molar-refractivity contribution is 5.72. The predicted octanol–water partition coefficient (Wildman–Crippen LogP) is 0.924. The third-order valence-corrected chi connectivity index (χ3v) is 2.55. The number of ether oxygens (including phenoxy) is 1. The minimum Gasteiger partial charge on any atom is -0.504 e. The summed E-state index contributed by atoms with van der Waals surface area (Å²) in [4.78, 5) is 13.2. The molecule has 1 aliphatic rings. The van der Waals surface area contributed by atoms with E-state index in [-0.39, 0.29) is 17.5 Å². The van der Waals surface area contributed by atoms with Gasteiger partial charge >= 0.3 is 6.09 Å². The molecule has 1 aliphatic heterocycles. The molecule has 1 fully saturated rings. The van der Waals surface area contributed by atoms with Gasteiger partial charge in [0.05, 0.1) is 0 Å². The van der Waals surface area contributed by atoms with Gasteiger partial charge in [0.25, 0.3) is 0 Å². The van der Waals surface area contributed by atoms with Gasteiger partial charge in [-0.25, -0.2) is 4.79 Å². The Morgan fingerprint density at radius 3 is 2.88 bits per heavy atom. The van der Waals surface area contributed by atoms with Crippen molar-refractivity contribution in [1.29, 1.82) is 0 Å². The first kappa shape index (κ1) is 10.8. The van der Waals surface area contributed by atoms with E-state index in [2.05, 4.69) is 0 Å². The zero-order valence-corrected chi connectivity index (χ0v) is 8.80. The van der Waals surface area contributed by atoms with Crippen LogP contribution in [-0.4, -0.2) is 35.2 Å². The van der Waals surface area contributed by atoms with Crippen LogP contribution in [0.1, 0.15) is 6.42 Å². The van der Waals surface area contributed by atoms with Gasteiger partial charge in [-0.15, -0.1) is 0 Å². The van der Waals surface area contributed by atoms with Crippen LogP contribution in [0.4, 0.5) is 4.79 Å². The summed E-state index contributed by atoms with van der Waals surface area (Å²) < 4.78 is 5.06. The van der Waals surface area contributed by atoms with Crippen molar-refractivity contribution in [3.8, 4) is 11.5 Å². The highest BCUT2D eigenvalue weighted by Crippen LogP contribution is 2.25. The highest BCUT2D eigenvalue weighted by Gasteiger charge is 2.25. The van der Waals surface area contributed by atoms with E-state index < -0.39 is 6.09 Å². The van der Waals surface area contributed by atoms with Crippen LogP contribution in [0.15, 0.2) is 24.3 Å². The fourth-order valence-electron chi connectivity index (χ4n) is 1.66. The molecular formula is C11H14N2O3. The number of aromatic hydroxyl groups is 1. The minimum absolute atomic E-state index is 0.0249. The molecule has 1 amide bonds. The van der Waals surface area contributed by atoms with Crippen molar-refractivity contribution in [2.24, 2.45) is 5.73 Å². The van der Waals surface area contributed by atoms with Gasteiger partial charge in [-0.3, -0.25) is 0 Å². The van der Waals surface area contributed by atoms with Gasteiger partial charge in [-0.05, 0) is 18.6 Å². The smallest absolute Gasteiger partial charge is 0.415 e. The van der Waals surface area contributed by atoms with E-state index in [0.29, 0.717) is 13.1 Å². The second-order valence-corrected chi connectivity index (χ2v) is 3.83. The van der Waals surface area contributed by atoms with Crippen LogP contribution in [0, 0.1) is 0 Å². The van der Waals surface area contributed by atoms with E-state index in [0.717, 1.165) is 6.42 Å². The first-order chi connectivity index (χ1) is 7.66. The summed E-state index contributed by atoms with van der Waals surface area (Å²) in [5, 5.41) is 9.43. The molecule has 0 aliphatic carbocycles. The van der Waals surface area contributed by atoms with Gasteiger partial charge in [0.2, 0.25) is 0 Å². The molecule has 5 nitrogen and oxygen atoms in total. The second-order valence-electron chi connectivity index (χ2n) is 3.83. The van der Waals surface area contributed by atoms with Crippen molar-refractivity contribution in [2.75, 3.05) is 13.1 Å². The Labute approximate surface area is 93.4 Å². The summed E-state index contributed by atoms with van der Waals surface area (Å²) >= 11 is 0. The van der Waals surface area contributed by atoms with Gasteiger partial charge in [0.15, 0.2) is 11.5 Å². The zero-order chi connectivity index (χ0) is 11.5. The molecule has 0 aromatic heterocycles. The van der Waals surface area contributed by atoms with E-state index in [9.17, 15) is 9.90 Å². The number of hydrogen-bond acceptors (Lipinski definition) is 4. The fraction of sp³-hybridized carbons (Fsp3) is 0.364. The molecule has 2 rings (SSSR count). The summed E-state index contributed by atoms with van der Waals surface area (Å²) in [5.74, 6) is 0.132. The Hall–Kier alpha value is -1.75. The van der Waals surface area contributed by atoms with Gasteiger partial charge in [-0.2, -0.15) is 0 Å². The van der Waals surface area contributed by atoms with E-state index >= 15 is 0 Å². The van der Waals surface area contributed by atoms with E-state index in [1.54, 1.807) is 18.2 Å². The van der Waals surface area contributed by atoms with Crippen molar-refractivity contribution >= 4 is 6.09 Å². The molecular weight excluding hydrogens is 208 g/mol. The number of likely N-dealkylation sites (tertiary alicyclic amines) is 1. The first-order valence-electron chi connectivity index (χ1n) is 5.17. The standard InChI is InChI=1S/C11H14N2O3/c12-8-5-6-13(7-8)11(15)16-10-4-2-1-3-9(10)14/h1-4,8,14H,5-7,12H2/t8-/m1/s1. The van der Waals surface area contributed by atoms with Crippen molar-refractivity contribution in [1.82, 2.24) is 4.90 Å². The maximum atomic E-state index is 11.6. The molecule has 86 valence electrons. The molecule has 0 unspecified atom stereocenters. The number of para-hydroxylation sites is 2. The lowest BCUT2D eigenvalue weighted by Crippen LogP contribution is -2.33. The number of benzene rings is 1. The largest absolute Gasteiger partial charge is 0.504 e. The van der Waals surface area contributed by atoms with Crippen LogP contribution in [0.25, 0.3) is 0 Å². The Balaban J connectivity index is 2.00. The first-order valence-corrected chi connectivity index (χ1v) is 5.17. The van der Waals surface area contributed by atoms with Crippen molar-refractivity contribution in [2.45, 2.75) is 12.5 Å². The number of carbonyl (C=O) groups is 1. The number of nitrogens with zero attached hydrogens (tertiary/aromatic N) is 1. The second kappa shape index (κ2) is 4.40. The lowest BCUT2D eigenvalue weighted by atomic mass is 10.3. The Bertz CT molecular complexity index is 395. The van der Waals surface area contributed by atoms with Gasteiger partial charge in [0.1, 0.15) is 0 Å². The van der Waals surface area contributed by atoms with Crippen molar-refractivity contribution in [3.05, 3.63) is 24.3 Å². The van der Waals surface area contributed by atoms with Crippen molar-refractivity contribution in [3.63, 3.8) is 0 Å². The number of amides is 1. The molecule has 1 saturated heterocycles. The molecule has 16 heavy (non-hydrogen) atoms. The molecule has 1 aromatic rings. The molecule has 1 atom stereocenters. The number of carbonyl (C=O) groups excluding carboxylic acids is 1. The van der Waals surface area contributed by atoms with E-state index in [4.69, 9.17) is 10.5 Å². The summed E-state index contributed by atoms with van der Waals surface area (Å²) in [6, 6.07) is 6.40. The average Bonchev–Trinajstić information content (AvgIpc) is 2.68. The lowest BCUT2D eigenvalue weighted by Gasteiger charge is -2.15. The van der Waals surface area contributed by atoms with Crippen molar-refractivity contribution < 1.29 is 14.6 Å². The Morgan fingerprint density at radius 2 is 2.25 bits per heavy atom.